The highest BCUT2D eigenvalue weighted by Crippen LogP contribution is 2.45. The van der Waals surface area contributed by atoms with Gasteiger partial charge in [-0.3, -0.25) is 0 Å². The van der Waals surface area contributed by atoms with Gasteiger partial charge in [-0.25, -0.2) is 4.98 Å². The standard InChI is InChI=1S/C17H25ClN2/c1-14-11-15(13-18)12-16(19-14)20-9-7-17(8-10-20)5-3-2-4-6-17/h11-12H,2-10,13H2,1H3. The number of hydrogen-bond donors (Lipinski definition) is 0. The number of halogens is 1. The Morgan fingerprint density at radius 3 is 2.45 bits per heavy atom. The second kappa shape index (κ2) is 5.93. The summed E-state index contributed by atoms with van der Waals surface area (Å²) in [7, 11) is 0. The minimum absolute atomic E-state index is 0.578. The zero-order valence-corrected chi connectivity index (χ0v) is 13.3. The lowest BCUT2D eigenvalue weighted by molar-refractivity contribution is 0.144. The molecule has 0 atom stereocenters. The number of aromatic nitrogens is 1. The van der Waals surface area contributed by atoms with E-state index in [1.165, 1.54) is 50.5 Å². The van der Waals surface area contributed by atoms with Crippen molar-refractivity contribution in [3.8, 4) is 0 Å². The Hall–Kier alpha value is -0.760. The molecular formula is C17H25ClN2. The van der Waals surface area contributed by atoms with Crippen LogP contribution in [0.3, 0.4) is 0 Å². The monoisotopic (exact) mass is 292 g/mol. The van der Waals surface area contributed by atoms with Crippen molar-refractivity contribution in [3.05, 3.63) is 23.4 Å². The molecule has 2 nitrogen and oxygen atoms in total. The molecule has 1 aromatic heterocycles. The summed E-state index contributed by atoms with van der Waals surface area (Å²) in [5, 5.41) is 0. The number of aryl methyl sites for hydroxylation is 1. The normalized spacial score (nSPS) is 22.2. The number of pyridine rings is 1. The number of anilines is 1. The van der Waals surface area contributed by atoms with Gasteiger partial charge in [-0.05, 0) is 55.7 Å². The summed E-state index contributed by atoms with van der Waals surface area (Å²) in [6.45, 7) is 4.39. The highest BCUT2D eigenvalue weighted by atomic mass is 35.5. The van der Waals surface area contributed by atoms with Crippen molar-refractivity contribution in [1.82, 2.24) is 4.98 Å². The summed E-state index contributed by atoms with van der Waals surface area (Å²) in [6, 6.07) is 4.25. The van der Waals surface area contributed by atoms with E-state index >= 15 is 0 Å². The van der Waals surface area contributed by atoms with Gasteiger partial charge < -0.3 is 4.90 Å². The summed E-state index contributed by atoms with van der Waals surface area (Å²) in [5.74, 6) is 1.71. The Morgan fingerprint density at radius 2 is 1.80 bits per heavy atom. The van der Waals surface area contributed by atoms with E-state index < -0.39 is 0 Å². The molecule has 1 aromatic rings. The molecule has 0 aromatic carbocycles. The smallest absolute Gasteiger partial charge is 0.129 e. The maximum atomic E-state index is 5.98. The summed E-state index contributed by atoms with van der Waals surface area (Å²) in [5.41, 5.74) is 2.93. The molecule has 3 heteroatoms. The van der Waals surface area contributed by atoms with Gasteiger partial charge in [0.05, 0.1) is 0 Å². The number of hydrogen-bond acceptors (Lipinski definition) is 2. The first-order valence-electron chi connectivity index (χ1n) is 7.99. The summed E-state index contributed by atoms with van der Waals surface area (Å²) in [6.07, 6.45) is 9.93. The number of rotatable bonds is 2. The van der Waals surface area contributed by atoms with Crippen molar-refractivity contribution < 1.29 is 0 Å². The maximum Gasteiger partial charge on any atom is 0.129 e. The second-order valence-corrected chi connectivity index (χ2v) is 6.92. The Kier molecular flexibility index (Phi) is 4.21. The van der Waals surface area contributed by atoms with Crippen LogP contribution in [0.15, 0.2) is 12.1 Å². The van der Waals surface area contributed by atoms with Crippen molar-refractivity contribution in [1.29, 1.82) is 0 Å². The Bertz CT molecular complexity index is 456. The van der Waals surface area contributed by atoms with Crippen LogP contribution in [0.5, 0.6) is 0 Å². The number of alkyl halides is 1. The van der Waals surface area contributed by atoms with Gasteiger partial charge in [0.1, 0.15) is 5.82 Å². The van der Waals surface area contributed by atoms with Gasteiger partial charge in [0.15, 0.2) is 0 Å². The minimum atomic E-state index is 0.578. The minimum Gasteiger partial charge on any atom is -0.357 e. The van der Waals surface area contributed by atoms with Gasteiger partial charge in [-0.1, -0.05) is 19.3 Å². The Morgan fingerprint density at radius 1 is 1.10 bits per heavy atom. The van der Waals surface area contributed by atoms with Gasteiger partial charge in [0.2, 0.25) is 0 Å². The fraction of sp³-hybridized carbons (Fsp3) is 0.706. The largest absolute Gasteiger partial charge is 0.357 e. The molecule has 0 N–H and O–H groups in total. The lowest BCUT2D eigenvalue weighted by atomic mass is 9.68. The average molecular weight is 293 g/mol. The van der Waals surface area contributed by atoms with Crippen LogP contribution in [0.1, 0.15) is 56.2 Å². The van der Waals surface area contributed by atoms with E-state index in [1.54, 1.807) is 0 Å². The zero-order chi connectivity index (χ0) is 14.0. The summed E-state index contributed by atoms with van der Waals surface area (Å²) >= 11 is 5.98. The molecule has 0 radical (unpaired) electrons. The van der Waals surface area contributed by atoms with Crippen molar-refractivity contribution in [3.63, 3.8) is 0 Å². The van der Waals surface area contributed by atoms with E-state index in [0.29, 0.717) is 11.3 Å². The third kappa shape index (κ3) is 2.95. The molecule has 1 saturated carbocycles. The van der Waals surface area contributed by atoms with Crippen LogP contribution in [0.4, 0.5) is 5.82 Å². The van der Waals surface area contributed by atoms with Gasteiger partial charge in [0.25, 0.3) is 0 Å². The molecule has 3 rings (SSSR count). The van der Waals surface area contributed by atoms with Crippen LogP contribution in [-0.4, -0.2) is 18.1 Å². The first kappa shape index (κ1) is 14.2. The van der Waals surface area contributed by atoms with E-state index in [4.69, 9.17) is 16.6 Å². The molecule has 1 aliphatic heterocycles. The zero-order valence-electron chi connectivity index (χ0n) is 12.5. The lowest BCUT2D eigenvalue weighted by Crippen LogP contribution is -2.41. The molecule has 20 heavy (non-hydrogen) atoms. The number of piperidine rings is 1. The predicted molar refractivity (Wildman–Crippen MR) is 85.5 cm³/mol. The second-order valence-electron chi connectivity index (χ2n) is 6.66. The topological polar surface area (TPSA) is 16.1 Å². The third-order valence-electron chi connectivity index (χ3n) is 5.22. The quantitative estimate of drug-likeness (QED) is 0.736. The van der Waals surface area contributed by atoms with Crippen LogP contribution in [0.25, 0.3) is 0 Å². The molecule has 0 amide bonds. The molecular weight excluding hydrogens is 268 g/mol. The van der Waals surface area contributed by atoms with Crippen molar-refractivity contribution in [2.75, 3.05) is 18.0 Å². The fourth-order valence-electron chi connectivity index (χ4n) is 3.97. The highest BCUT2D eigenvalue weighted by molar-refractivity contribution is 6.17. The van der Waals surface area contributed by atoms with Gasteiger partial charge in [-0.15, -0.1) is 11.6 Å². The Labute approximate surface area is 127 Å². The van der Waals surface area contributed by atoms with Crippen LogP contribution in [-0.2, 0) is 5.88 Å². The summed E-state index contributed by atoms with van der Waals surface area (Å²) < 4.78 is 0. The van der Waals surface area contributed by atoms with Crippen LogP contribution < -0.4 is 4.90 Å². The molecule has 2 fully saturated rings. The number of nitrogens with zero attached hydrogens (tertiary/aromatic N) is 2. The molecule has 2 heterocycles. The molecule has 2 aliphatic rings. The van der Waals surface area contributed by atoms with Crippen LogP contribution in [0.2, 0.25) is 0 Å². The van der Waals surface area contributed by atoms with Gasteiger partial charge in [0, 0.05) is 24.7 Å². The van der Waals surface area contributed by atoms with E-state index in [1.807, 2.05) is 0 Å². The molecule has 0 bridgehead atoms. The lowest BCUT2D eigenvalue weighted by Gasteiger charge is -2.44. The first-order chi connectivity index (χ1) is 9.71. The highest BCUT2D eigenvalue weighted by Gasteiger charge is 2.35. The average Bonchev–Trinajstić information content (AvgIpc) is 2.48. The molecule has 1 spiro atoms. The third-order valence-corrected chi connectivity index (χ3v) is 5.52. The molecule has 1 saturated heterocycles. The van der Waals surface area contributed by atoms with Gasteiger partial charge >= 0.3 is 0 Å². The summed E-state index contributed by atoms with van der Waals surface area (Å²) in [4.78, 5) is 7.17. The van der Waals surface area contributed by atoms with Crippen molar-refractivity contribution in [2.24, 2.45) is 5.41 Å². The predicted octanol–water partition coefficient (Wildman–Crippen LogP) is 4.68. The van der Waals surface area contributed by atoms with E-state index in [0.717, 1.165) is 24.6 Å². The van der Waals surface area contributed by atoms with Gasteiger partial charge in [-0.2, -0.15) is 0 Å². The molecule has 110 valence electrons. The fourth-order valence-corrected chi connectivity index (χ4v) is 4.13. The first-order valence-corrected chi connectivity index (χ1v) is 8.53. The Balaban J connectivity index is 1.70. The van der Waals surface area contributed by atoms with Crippen molar-refractivity contribution in [2.45, 2.75) is 57.7 Å². The molecule has 1 aliphatic carbocycles. The van der Waals surface area contributed by atoms with Crippen LogP contribution in [0, 0.1) is 12.3 Å². The van der Waals surface area contributed by atoms with E-state index in [-0.39, 0.29) is 0 Å². The SMILES string of the molecule is Cc1cc(CCl)cc(N2CCC3(CCCCC3)CC2)n1. The van der Waals surface area contributed by atoms with Crippen LogP contribution >= 0.6 is 11.6 Å². The molecule has 0 unspecified atom stereocenters. The van der Waals surface area contributed by atoms with E-state index in [9.17, 15) is 0 Å². The van der Waals surface area contributed by atoms with Crippen molar-refractivity contribution >= 4 is 17.4 Å². The maximum absolute atomic E-state index is 5.98. The van der Waals surface area contributed by atoms with E-state index in [2.05, 4.69) is 24.0 Å².